The number of nitrogens with zero attached hydrogens (tertiary/aromatic N) is 1. The fourth-order valence-electron chi connectivity index (χ4n) is 2.45. The number of hydrogen-bond donors (Lipinski definition) is 1. The average molecular weight is 264 g/mol. The maximum absolute atomic E-state index is 6.34. The Balaban J connectivity index is 2.10. The topological polar surface area (TPSA) is 47.7 Å². The molecule has 0 aromatic heterocycles. The van der Waals surface area contributed by atoms with Crippen LogP contribution in [0.2, 0.25) is 0 Å². The minimum absolute atomic E-state index is 0.0265. The Morgan fingerprint density at radius 1 is 1.32 bits per heavy atom. The van der Waals surface area contributed by atoms with Crippen molar-refractivity contribution in [2.24, 2.45) is 5.73 Å². The summed E-state index contributed by atoms with van der Waals surface area (Å²) in [5.41, 5.74) is 7.39. The van der Waals surface area contributed by atoms with Crippen molar-refractivity contribution in [2.75, 3.05) is 27.3 Å². The Bertz CT molecular complexity index is 419. The molecule has 2 rings (SSSR count). The van der Waals surface area contributed by atoms with Crippen LogP contribution in [0.3, 0.4) is 0 Å². The molecule has 1 aromatic carbocycles. The fraction of sp³-hybridized carbons (Fsp3) is 0.600. The highest BCUT2D eigenvalue weighted by atomic mass is 16.5. The molecule has 0 saturated heterocycles. The summed E-state index contributed by atoms with van der Waals surface area (Å²) in [4.78, 5) is 2.45. The lowest BCUT2D eigenvalue weighted by molar-refractivity contribution is 0.258. The third-order valence-corrected chi connectivity index (χ3v) is 3.74. The maximum atomic E-state index is 6.34. The van der Waals surface area contributed by atoms with Crippen molar-refractivity contribution in [3.63, 3.8) is 0 Å². The van der Waals surface area contributed by atoms with Crippen LogP contribution in [0.1, 0.15) is 31.4 Å². The van der Waals surface area contributed by atoms with Gasteiger partial charge in [0.25, 0.3) is 0 Å². The second-order valence-electron chi connectivity index (χ2n) is 5.03. The quantitative estimate of drug-likeness (QED) is 0.820. The molecule has 1 saturated carbocycles. The summed E-state index contributed by atoms with van der Waals surface area (Å²) in [6.07, 6.45) is 2.61. The molecule has 1 unspecified atom stereocenters. The standard InChI is InChI=1S/C15H24N2O2/c1-4-17(11-5-6-11)10-14(16)13-8-7-12(18-2)9-15(13)19-3/h7-9,11,14H,4-6,10,16H2,1-3H3. The van der Waals surface area contributed by atoms with Gasteiger partial charge in [0, 0.05) is 30.3 Å². The summed E-state index contributed by atoms with van der Waals surface area (Å²) >= 11 is 0. The first kappa shape index (κ1) is 14.2. The Morgan fingerprint density at radius 2 is 2.05 bits per heavy atom. The average Bonchev–Trinajstić information content (AvgIpc) is 3.28. The summed E-state index contributed by atoms with van der Waals surface area (Å²) < 4.78 is 10.6. The molecule has 1 aliphatic rings. The molecule has 1 aromatic rings. The second-order valence-corrected chi connectivity index (χ2v) is 5.03. The van der Waals surface area contributed by atoms with Crippen molar-refractivity contribution in [3.8, 4) is 11.5 Å². The summed E-state index contributed by atoms with van der Waals surface area (Å²) in [6, 6.07) is 6.54. The molecule has 4 nitrogen and oxygen atoms in total. The Morgan fingerprint density at radius 3 is 2.58 bits per heavy atom. The first-order valence-electron chi connectivity index (χ1n) is 6.91. The van der Waals surface area contributed by atoms with E-state index < -0.39 is 0 Å². The summed E-state index contributed by atoms with van der Waals surface area (Å²) in [7, 11) is 3.32. The van der Waals surface area contributed by atoms with Gasteiger partial charge >= 0.3 is 0 Å². The third-order valence-electron chi connectivity index (χ3n) is 3.74. The molecule has 0 bridgehead atoms. The largest absolute Gasteiger partial charge is 0.497 e. The number of likely N-dealkylation sites (N-methyl/N-ethyl adjacent to an activating group) is 1. The van der Waals surface area contributed by atoms with Crippen molar-refractivity contribution in [1.82, 2.24) is 4.90 Å². The molecule has 19 heavy (non-hydrogen) atoms. The molecule has 2 N–H and O–H groups in total. The zero-order valence-corrected chi connectivity index (χ0v) is 12.1. The smallest absolute Gasteiger partial charge is 0.127 e. The van der Waals surface area contributed by atoms with E-state index in [1.165, 1.54) is 12.8 Å². The molecule has 106 valence electrons. The van der Waals surface area contributed by atoms with Crippen molar-refractivity contribution in [3.05, 3.63) is 23.8 Å². The van der Waals surface area contributed by atoms with E-state index in [9.17, 15) is 0 Å². The van der Waals surface area contributed by atoms with E-state index >= 15 is 0 Å². The highest BCUT2D eigenvalue weighted by molar-refractivity contribution is 5.42. The molecular formula is C15H24N2O2. The van der Waals surface area contributed by atoms with E-state index in [-0.39, 0.29) is 6.04 Å². The lowest BCUT2D eigenvalue weighted by Crippen LogP contribution is -2.33. The van der Waals surface area contributed by atoms with Crippen LogP contribution in [0.4, 0.5) is 0 Å². The number of benzene rings is 1. The normalized spacial score (nSPS) is 16.5. The van der Waals surface area contributed by atoms with Gasteiger partial charge in [-0.2, -0.15) is 0 Å². The van der Waals surface area contributed by atoms with Crippen molar-refractivity contribution >= 4 is 0 Å². The van der Waals surface area contributed by atoms with Crippen LogP contribution >= 0.6 is 0 Å². The number of ether oxygens (including phenoxy) is 2. The van der Waals surface area contributed by atoms with Crippen LogP contribution in [0.15, 0.2) is 18.2 Å². The van der Waals surface area contributed by atoms with Crippen LogP contribution in [0.25, 0.3) is 0 Å². The van der Waals surface area contributed by atoms with Crippen LogP contribution in [0.5, 0.6) is 11.5 Å². The first-order chi connectivity index (χ1) is 9.19. The minimum Gasteiger partial charge on any atom is -0.497 e. The highest BCUT2D eigenvalue weighted by Gasteiger charge is 2.29. The Labute approximate surface area is 115 Å². The van der Waals surface area contributed by atoms with Gasteiger partial charge in [0.05, 0.1) is 14.2 Å². The number of nitrogens with two attached hydrogens (primary N) is 1. The summed E-state index contributed by atoms with van der Waals surface area (Å²) in [6.45, 7) is 4.12. The third kappa shape index (κ3) is 3.39. The monoisotopic (exact) mass is 264 g/mol. The first-order valence-corrected chi connectivity index (χ1v) is 6.91. The molecule has 0 heterocycles. The number of methoxy groups -OCH3 is 2. The lowest BCUT2D eigenvalue weighted by atomic mass is 10.1. The lowest BCUT2D eigenvalue weighted by Gasteiger charge is -2.25. The summed E-state index contributed by atoms with van der Waals surface area (Å²) in [5.74, 6) is 1.60. The predicted octanol–water partition coefficient (Wildman–Crippen LogP) is 2.19. The molecule has 1 aliphatic carbocycles. The van der Waals surface area contributed by atoms with Gasteiger partial charge in [-0.3, -0.25) is 4.90 Å². The Kier molecular flexibility index (Phi) is 4.66. The van der Waals surface area contributed by atoms with E-state index in [1.807, 2.05) is 18.2 Å². The van der Waals surface area contributed by atoms with Gasteiger partial charge in [-0.15, -0.1) is 0 Å². The number of rotatable bonds is 7. The fourth-order valence-corrected chi connectivity index (χ4v) is 2.45. The molecule has 4 heteroatoms. The maximum Gasteiger partial charge on any atom is 0.127 e. The Hall–Kier alpha value is -1.26. The SMILES string of the molecule is CCN(CC(N)c1ccc(OC)cc1OC)C1CC1. The molecular weight excluding hydrogens is 240 g/mol. The van der Waals surface area contributed by atoms with Gasteiger partial charge < -0.3 is 15.2 Å². The minimum atomic E-state index is -0.0265. The summed E-state index contributed by atoms with van der Waals surface area (Å²) in [5, 5.41) is 0. The van der Waals surface area contributed by atoms with Crippen molar-refractivity contribution in [1.29, 1.82) is 0 Å². The molecule has 0 amide bonds. The van der Waals surface area contributed by atoms with Gasteiger partial charge in [-0.25, -0.2) is 0 Å². The number of hydrogen-bond acceptors (Lipinski definition) is 4. The van der Waals surface area contributed by atoms with Gasteiger partial charge in [0.2, 0.25) is 0 Å². The second kappa shape index (κ2) is 6.26. The predicted molar refractivity (Wildman–Crippen MR) is 76.7 cm³/mol. The van der Waals surface area contributed by atoms with E-state index in [1.54, 1.807) is 14.2 Å². The van der Waals surface area contributed by atoms with Crippen LogP contribution < -0.4 is 15.2 Å². The van der Waals surface area contributed by atoms with Gasteiger partial charge in [0.1, 0.15) is 11.5 Å². The zero-order valence-electron chi connectivity index (χ0n) is 12.1. The van der Waals surface area contributed by atoms with Crippen LogP contribution in [-0.2, 0) is 0 Å². The molecule has 1 atom stereocenters. The van der Waals surface area contributed by atoms with E-state index in [0.29, 0.717) is 0 Å². The van der Waals surface area contributed by atoms with E-state index in [0.717, 1.165) is 36.2 Å². The zero-order chi connectivity index (χ0) is 13.8. The van der Waals surface area contributed by atoms with Gasteiger partial charge in [-0.05, 0) is 25.5 Å². The van der Waals surface area contributed by atoms with Gasteiger partial charge in [-0.1, -0.05) is 13.0 Å². The van der Waals surface area contributed by atoms with E-state index in [2.05, 4.69) is 11.8 Å². The molecule has 0 aliphatic heterocycles. The van der Waals surface area contributed by atoms with E-state index in [4.69, 9.17) is 15.2 Å². The molecule has 0 radical (unpaired) electrons. The van der Waals surface area contributed by atoms with Crippen LogP contribution in [-0.4, -0.2) is 38.3 Å². The van der Waals surface area contributed by atoms with Crippen molar-refractivity contribution < 1.29 is 9.47 Å². The highest BCUT2D eigenvalue weighted by Crippen LogP contribution is 2.32. The van der Waals surface area contributed by atoms with Gasteiger partial charge in [0.15, 0.2) is 0 Å². The molecule has 0 spiro atoms. The van der Waals surface area contributed by atoms with Crippen molar-refractivity contribution in [2.45, 2.75) is 31.8 Å². The van der Waals surface area contributed by atoms with Crippen LogP contribution in [0, 0.1) is 0 Å². The molecule has 1 fully saturated rings.